The van der Waals surface area contributed by atoms with Crippen molar-refractivity contribution in [2.45, 2.75) is 244 Å². The van der Waals surface area contributed by atoms with E-state index < -0.39 is 37.0 Å². The van der Waals surface area contributed by atoms with Crippen molar-refractivity contribution in [3.05, 3.63) is 0 Å². The highest BCUT2D eigenvalue weighted by atomic mass is 16.6. The second kappa shape index (κ2) is 37.5. The van der Waals surface area contributed by atoms with Crippen LogP contribution in [0.4, 0.5) is 0 Å². The van der Waals surface area contributed by atoms with Gasteiger partial charge in [-0.3, -0.25) is 9.59 Å². The Balaban J connectivity index is 0.00000105. The second-order valence-corrected chi connectivity index (χ2v) is 14.9. The van der Waals surface area contributed by atoms with Gasteiger partial charge in [-0.15, -0.1) is 0 Å². The van der Waals surface area contributed by atoms with Crippen LogP contribution in [-0.2, 0) is 19.1 Å². The van der Waals surface area contributed by atoms with Gasteiger partial charge in [0, 0.05) is 12.8 Å². The van der Waals surface area contributed by atoms with E-state index in [2.05, 4.69) is 13.8 Å². The van der Waals surface area contributed by atoms with Crippen LogP contribution in [0.25, 0.3) is 0 Å². The molecule has 0 bridgehead atoms. The number of carbonyl (C=O) groups excluding carboxylic acids is 1. The van der Waals surface area contributed by atoms with E-state index in [0.29, 0.717) is 12.8 Å². The lowest BCUT2D eigenvalue weighted by molar-refractivity contribution is -0.162. The van der Waals surface area contributed by atoms with E-state index in [0.717, 1.165) is 32.1 Å². The molecule has 1 saturated heterocycles. The molecule has 0 aliphatic carbocycles. The Bertz CT molecular complexity index is 733. The molecule has 8 heteroatoms. The van der Waals surface area contributed by atoms with E-state index in [1.54, 1.807) is 0 Å². The highest BCUT2D eigenvalue weighted by Gasteiger charge is 2.41. The molecule has 1 aliphatic rings. The third kappa shape index (κ3) is 31.5. The first-order chi connectivity index (χ1) is 24.4. The zero-order valence-corrected chi connectivity index (χ0v) is 32.8. The standard InChI is InChI=1S/C24H46O6.C18H36O2/c1-2-3-4-5-6-7-8-9-10-11-12-13-14-15-16-17-22(27)30-21(18-25)24-23(28)20(26)19-29-24;1-2-3-4-5-6-7-8-9-10-11-12-13-14-15-16-17-18(19)20/h20-21,23-26,28H,2-19H2,1H3;2-17H2,1H3,(H,19,20)/t20-,21+,23+,24+;/m0./s1. The van der Waals surface area contributed by atoms with E-state index in [1.165, 1.54) is 161 Å². The van der Waals surface area contributed by atoms with Crippen LogP contribution >= 0.6 is 0 Å². The van der Waals surface area contributed by atoms with Gasteiger partial charge in [-0.1, -0.05) is 194 Å². The number of aliphatic carboxylic acids is 1. The predicted molar refractivity (Wildman–Crippen MR) is 205 cm³/mol. The van der Waals surface area contributed by atoms with E-state index in [9.17, 15) is 24.9 Å². The quantitative estimate of drug-likeness (QED) is 0.0376. The molecule has 0 aromatic heterocycles. The number of carbonyl (C=O) groups is 2. The van der Waals surface area contributed by atoms with Crippen molar-refractivity contribution >= 4 is 11.9 Å². The minimum absolute atomic E-state index is 0.0149. The van der Waals surface area contributed by atoms with Crippen LogP contribution in [0.1, 0.15) is 219 Å². The van der Waals surface area contributed by atoms with Crippen LogP contribution < -0.4 is 0 Å². The molecule has 1 fully saturated rings. The molecule has 0 saturated carbocycles. The molecule has 298 valence electrons. The number of ether oxygens (including phenoxy) is 2. The average Bonchev–Trinajstić information content (AvgIpc) is 3.44. The van der Waals surface area contributed by atoms with Crippen LogP contribution in [0, 0.1) is 0 Å². The molecule has 50 heavy (non-hydrogen) atoms. The largest absolute Gasteiger partial charge is 0.481 e. The normalized spacial score (nSPS) is 17.7. The zero-order valence-electron chi connectivity index (χ0n) is 32.8. The summed E-state index contributed by atoms with van der Waals surface area (Å²) in [5.41, 5.74) is 0. The predicted octanol–water partition coefficient (Wildman–Crippen LogP) is 10.6. The lowest BCUT2D eigenvalue weighted by atomic mass is 10.0. The summed E-state index contributed by atoms with van der Waals surface area (Å²) < 4.78 is 10.5. The molecular formula is C42H82O8. The zero-order chi connectivity index (χ0) is 36.9. The second-order valence-electron chi connectivity index (χ2n) is 14.9. The van der Waals surface area contributed by atoms with Crippen LogP contribution in [0.5, 0.6) is 0 Å². The Hall–Kier alpha value is -1.22. The maximum absolute atomic E-state index is 12.0. The van der Waals surface area contributed by atoms with E-state index in [4.69, 9.17) is 14.6 Å². The van der Waals surface area contributed by atoms with Gasteiger partial charge in [-0.2, -0.15) is 0 Å². The number of esters is 1. The summed E-state index contributed by atoms with van der Waals surface area (Å²) in [5, 5.41) is 37.2. The first-order valence-electron chi connectivity index (χ1n) is 21.4. The number of hydrogen-bond donors (Lipinski definition) is 4. The van der Waals surface area contributed by atoms with Crippen LogP contribution in [-0.4, -0.2) is 70.0 Å². The summed E-state index contributed by atoms with van der Waals surface area (Å²) >= 11 is 0. The van der Waals surface area contributed by atoms with Crippen LogP contribution in [0.15, 0.2) is 0 Å². The Labute approximate surface area is 307 Å². The molecule has 1 heterocycles. The number of rotatable bonds is 35. The van der Waals surface area contributed by atoms with Crippen molar-refractivity contribution in [1.29, 1.82) is 0 Å². The minimum Gasteiger partial charge on any atom is -0.481 e. The molecule has 0 radical (unpaired) electrons. The van der Waals surface area contributed by atoms with Gasteiger partial charge in [0.2, 0.25) is 0 Å². The fourth-order valence-electron chi connectivity index (χ4n) is 6.68. The highest BCUT2D eigenvalue weighted by molar-refractivity contribution is 5.69. The van der Waals surface area contributed by atoms with Gasteiger partial charge in [-0.05, 0) is 12.8 Å². The third-order valence-corrected chi connectivity index (χ3v) is 10.00. The number of aliphatic hydroxyl groups is 3. The summed E-state index contributed by atoms with van der Waals surface area (Å²) in [5.74, 6) is -1.04. The minimum atomic E-state index is -1.14. The maximum Gasteiger partial charge on any atom is 0.306 e. The van der Waals surface area contributed by atoms with Crippen molar-refractivity contribution in [3.8, 4) is 0 Å². The lowest BCUT2D eigenvalue weighted by Crippen LogP contribution is -2.43. The SMILES string of the molecule is CCCCCCCCCCCCCCCCCC(=O)O.CCCCCCCCCCCCCCCCCC(=O)O[C@H](CO)[C@H]1OC[C@H](O)[C@H]1O. The number of hydrogen-bond acceptors (Lipinski definition) is 7. The Kier molecular flexibility index (Phi) is 36.6. The van der Waals surface area contributed by atoms with Gasteiger partial charge in [0.25, 0.3) is 0 Å². The van der Waals surface area contributed by atoms with E-state index >= 15 is 0 Å². The van der Waals surface area contributed by atoms with Crippen LogP contribution in [0.3, 0.4) is 0 Å². The summed E-state index contributed by atoms with van der Waals surface area (Å²) in [7, 11) is 0. The Morgan fingerprint density at radius 1 is 0.560 bits per heavy atom. The van der Waals surface area contributed by atoms with Crippen molar-refractivity contribution in [2.75, 3.05) is 13.2 Å². The van der Waals surface area contributed by atoms with Crippen molar-refractivity contribution in [1.82, 2.24) is 0 Å². The molecule has 0 unspecified atom stereocenters. The molecule has 0 aromatic carbocycles. The van der Waals surface area contributed by atoms with Gasteiger partial charge < -0.3 is 29.9 Å². The topological polar surface area (TPSA) is 134 Å². The van der Waals surface area contributed by atoms with E-state index in [-0.39, 0.29) is 12.6 Å². The number of aliphatic hydroxyl groups excluding tert-OH is 3. The van der Waals surface area contributed by atoms with Crippen molar-refractivity contribution in [3.63, 3.8) is 0 Å². The lowest BCUT2D eigenvalue weighted by Gasteiger charge is -2.24. The monoisotopic (exact) mass is 715 g/mol. The van der Waals surface area contributed by atoms with Crippen molar-refractivity contribution in [2.24, 2.45) is 0 Å². The smallest absolute Gasteiger partial charge is 0.306 e. The van der Waals surface area contributed by atoms with Crippen LogP contribution in [0.2, 0.25) is 0 Å². The first kappa shape index (κ1) is 48.8. The highest BCUT2D eigenvalue weighted by Crippen LogP contribution is 2.21. The molecule has 0 aromatic rings. The first-order valence-corrected chi connectivity index (χ1v) is 21.4. The van der Waals surface area contributed by atoms with Gasteiger partial charge in [0.15, 0.2) is 6.10 Å². The molecule has 0 spiro atoms. The number of carboxylic acid groups (broad SMARTS) is 1. The molecule has 4 N–H and O–H groups in total. The van der Waals surface area contributed by atoms with Gasteiger partial charge in [0.05, 0.1) is 13.2 Å². The summed E-state index contributed by atoms with van der Waals surface area (Å²) in [4.78, 5) is 22.3. The number of carboxylic acids is 1. The molecule has 1 aliphatic heterocycles. The maximum atomic E-state index is 12.0. The Morgan fingerprint density at radius 2 is 0.880 bits per heavy atom. The molecule has 4 atom stereocenters. The summed E-state index contributed by atoms with van der Waals surface area (Å²) in [6, 6.07) is 0. The molecule has 0 amide bonds. The summed E-state index contributed by atoms with van der Waals surface area (Å²) in [6.07, 6.45) is 35.6. The fourth-order valence-corrected chi connectivity index (χ4v) is 6.68. The van der Waals surface area contributed by atoms with Gasteiger partial charge >= 0.3 is 11.9 Å². The molecular weight excluding hydrogens is 632 g/mol. The average molecular weight is 715 g/mol. The molecule has 8 nitrogen and oxygen atoms in total. The fraction of sp³-hybridized carbons (Fsp3) is 0.952. The third-order valence-electron chi connectivity index (χ3n) is 10.00. The van der Waals surface area contributed by atoms with Gasteiger partial charge in [-0.25, -0.2) is 0 Å². The van der Waals surface area contributed by atoms with Crippen molar-refractivity contribution < 1.29 is 39.5 Å². The Morgan fingerprint density at radius 3 is 1.16 bits per heavy atom. The molecule has 1 rings (SSSR count). The van der Waals surface area contributed by atoms with E-state index in [1.807, 2.05) is 0 Å². The van der Waals surface area contributed by atoms with Gasteiger partial charge in [0.1, 0.15) is 18.3 Å². The number of unbranched alkanes of at least 4 members (excludes halogenated alkanes) is 28. The summed E-state index contributed by atoms with van der Waals surface area (Å²) in [6.45, 7) is 4.08.